The Labute approximate surface area is 113 Å². The van der Waals surface area contributed by atoms with E-state index in [-0.39, 0.29) is 12.0 Å². The van der Waals surface area contributed by atoms with Crippen molar-refractivity contribution in [3.8, 4) is 0 Å². The molecule has 0 saturated carbocycles. The molecule has 0 atom stereocenters. The van der Waals surface area contributed by atoms with Gasteiger partial charge in [0.05, 0.1) is 0 Å². The lowest BCUT2D eigenvalue weighted by molar-refractivity contribution is 0.148. The molecule has 4 nitrogen and oxygen atoms in total. The van der Waals surface area contributed by atoms with Gasteiger partial charge in [0.2, 0.25) is 10.0 Å². The van der Waals surface area contributed by atoms with E-state index in [1.165, 1.54) is 11.3 Å². The monoisotopic (exact) mass is 291 g/mol. The molecule has 0 bridgehead atoms. The molecule has 0 aromatic carbocycles. The van der Waals surface area contributed by atoms with Crippen molar-refractivity contribution in [2.45, 2.75) is 37.8 Å². The maximum absolute atomic E-state index is 11.9. The minimum atomic E-state index is -3.36. The summed E-state index contributed by atoms with van der Waals surface area (Å²) in [6, 6.07) is 3.42. The summed E-state index contributed by atoms with van der Waals surface area (Å²) in [4.78, 5) is 0.983. The molecule has 0 spiro atoms. The third kappa shape index (κ3) is 4.68. The van der Waals surface area contributed by atoms with E-state index in [2.05, 4.69) is 4.72 Å². The average molecular weight is 291 g/mol. The third-order valence-electron chi connectivity index (χ3n) is 2.73. The number of thiophene rings is 1. The molecule has 6 heteroatoms. The van der Waals surface area contributed by atoms with Gasteiger partial charge in [-0.3, -0.25) is 0 Å². The molecule has 0 radical (unpaired) electrons. The summed E-state index contributed by atoms with van der Waals surface area (Å²) < 4.78 is 26.7. The summed E-state index contributed by atoms with van der Waals surface area (Å²) in [5.41, 5.74) is -0.148. The van der Waals surface area contributed by atoms with Crippen LogP contribution in [0.2, 0.25) is 0 Å². The number of hydrogen-bond acceptors (Lipinski definition) is 4. The van der Waals surface area contributed by atoms with Crippen molar-refractivity contribution in [2.24, 2.45) is 5.41 Å². The van der Waals surface area contributed by atoms with E-state index < -0.39 is 10.0 Å². The minimum absolute atomic E-state index is 0.115. The standard InChI is InChI=1S/C12H21NO3S2/c1-10-5-6-11(17-10)18(15,16)13-8-4-7-12(2,3)9-14/h5-6,13-14H,4,7-9H2,1-3H3. The molecule has 1 aromatic rings. The van der Waals surface area contributed by atoms with Crippen LogP contribution in [-0.2, 0) is 10.0 Å². The van der Waals surface area contributed by atoms with Crippen molar-refractivity contribution >= 4 is 21.4 Å². The van der Waals surface area contributed by atoms with Gasteiger partial charge in [-0.1, -0.05) is 13.8 Å². The van der Waals surface area contributed by atoms with Crippen molar-refractivity contribution in [1.82, 2.24) is 4.72 Å². The molecule has 18 heavy (non-hydrogen) atoms. The fraction of sp³-hybridized carbons (Fsp3) is 0.667. The SMILES string of the molecule is Cc1ccc(S(=O)(=O)NCCCC(C)(C)CO)s1. The van der Waals surface area contributed by atoms with Crippen LogP contribution in [0.3, 0.4) is 0 Å². The topological polar surface area (TPSA) is 66.4 Å². The molecule has 0 saturated heterocycles. The van der Waals surface area contributed by atoms with Crippen LogP contribution in [-0.4, -0.2) is 26.7 Å². The second-order valence-corrected chi connectivity index (χ2v) is 8.47. The Hall–Kier alpha value is -0.430. The highest BCUT2D eigenvalue weighted by atomic mass is 32.2. The molecule has 2 N–H and O–H groups in total. The van der Waals surface area contributed by atoms with Crippen LogP contribution in [0.5, 0.6) is 0 Å². The Morgan fingerprint density at radius 2 is 2.06 bits per heavy atom. The van der Waals surface area contributed by atoms with E-state index in [1.54, 1.807) is 12.1 Å². The second kappa shape index (κ2) is 6.14. The zero-order valence-electron chi connectivity index (χ0n) is 11.1. The summed E-state index contributed by atoms with van der Waals surface area (Å²) in [6.07, 6.45) is 1.51. The highest BCUT2D eigenvalue weighted by molar-refractivity contribution is 7.91. The van der Waals surface area contributed by atoms with Gasteiger partial charge in [-0.15, -0.1) is 11.3 Å². The average Bonchev–Trinajstić information content (AvgIpc) is 2.72. The molecule has 0 aliphatic rings. The lowest BCUT2D eigenvalue weighted by atomic mass is 9.89. The highest BCUT2D eigenvalue weighted by Gasteiger charge is 2.18. The van der Waals surface area contributed by atoms with Crippen LogP contribution in [0.1, 0.15) is 31.6 Å². The van der Waals surface area contributed by atoms with E-state index >= 15 is 0 Å². The second-order valence-electron chi connectivity index (χ2n) is 5.19. The maximum atomic E-state index is 11.9. The van der Waals surface area contributed by atoms with E-state index in [4.69, 9.17) is 5.11 Å². The smallest absolute Gasteiger partial charge is 0.250 e. The number of nitrogens with one attached hydrogen (secondary N) is 1. The van der Waals surface area contributed by atoms with Gasteiger partial charge in [-0.2, -0.15) is 0 Å². The molecule has 0 aliphatic heterocycles. The Balaban J connectivity index is 2.44. The zero-order chi connectivity index (χ0) is 13.8. The number of hydrogen-bond donors (Lipinski definition) is 2. The van der Waals surface area contributed by atoms with Gasteiger partial charge in [-0.25, -0.2) is 13.1 Å². The molecule has 1 heterocycles. The lowest BCUT2D eigenvalue weighted by Crippen LogP contribution is -2.26. The first-order chi connectivity index (χ1) is 8.27. The third-order valence-corrected chi connectivity index (χ3v) is 5.68. The Morgan fingerprint density at radius 1 is 1.39 bits per heavy atom. The van der Waals surface area contributed by atoms with Gasteiger partial charge in [-0.05, 0) is 37.3 Å². The quantitative estimate of drug-likeness (QED) is 0.756. The minimum Gasteiger partial charge on any atom is -0.396 e. The highest BCUT2D eigenvalue weighted by Crippen LogP contribution is 2.22. The van der Waals surface area contributed by atoms with E-state index in [1.807, 2.05) is 20.8 Å². The van der Waals surface area contributed by atoms with Gasteiger partial charge in [0.1, 0.15) is 4.21 Å². The number of aliphatic hydroxyl groups excluding tert-OH is 1. The van der Waals surface area contributed by atoms with Crippen molar-refractivity contribution < 1.29 is 13.5 Å². The molecule has 1 aromatic heterocycles. The first-order valence-electron chi connectivity index (χ1n) is 5.94. The summed E-state index contributed by atoms with van der Waals surface area (Å²) in [5.74, 6) is 0. The fourth-order valence-electron chi connectivity index (χ4n) is 1.48. The van der Waals surface area contributed by atoms with Crippen LogP contribution in [0.4, 0.5) is 0 Å². The number of aryl methyl sites for hydroxylation is 1. The molecule has 0 amide bonds. The fourth-order valence-corrected chi connectivity index (χ4v) is 3.88. The van der Waals surface area contributed by atoms with Gasteiger partial charge < -0.3 is 5.11 Å². The van der Waals surface area contributed by atoms with Crippen molar-refractivity contribution in [2.75, 3.05) is 13.2 Å². The zero-order valence-corrected chi connectivity index (χ0v) is 12.7. The number of sulfonamides is 1. The van der Waals surface area contributed by atoms with Gasteiger partial charge in [0, 0.05) is 18.0 Å². The van der Waals surface area contributed by atoms with Crippen LogP contribution >= 0.6 is 11.3 Å². The Bertz CT molecular complexity index is 477. The number of aliphatic hydroxyl groups is 1. The van der Waals surface area contributed by atoms with Gasteiger partial charge in [0.25, 0.3) is 0 Å². The molecule has 0 fully saturated rings. The summed E-state index contributed by atoms with van der Waals surface area (Å²) >= 11 is 1.27. The normalized spacial score (nSPS) is 12.9. The summed E-state index contributed by atoms with van der Waals surface area (Å²) in [6.45, 7) is 6.33. The molecule has 0 unspecified atom stereocenters. The van der Waals surface area contributed by atoms with Crippen molar-refractivity contribution in [1.29, 1.82) is 0 Å². The van der Waals surface area contributed by atoms with E-state index in [9.17, 15) is 8.42 Å². The van der Waals surface area contributed by atoms with Crippen molar-refractivity contribution in [3.05, 3.63) is 17.0 Å². The maximum Gasteiger partial charge on any atom is 0.250 e. The molecular formula is C12H21NO3S2. The van der Waals surface area contributed by atoms with Crippen LogP contribution in [0.25, 0.3) is 0 Å². The first-order valence-corrected chi connectivity index (χ1v) is 8.24. The van der Waals surface area contributed by atoms with Crippen molar-refractivity contribution in [3.63, 3.8) is 0 Å². The largest absolute Gasteiger partial charge is 0.396 e. The van der Waals surface area contributed by atoms with E-state index in [0.717, 1.165) is 17.7 Å². The molecule has 1 rings (SSSR count). The van der Waals surface area contributed by atoms with Gasteiger partial charge >= 0.3 is 0 Å². The Morgan fingerprint density at radius 3 is 2.56 bits per heavy atom. The summed E-state index contributed by atoms with van der Waals surface area (Å²) in [5, 5.41) is 9.10. The molecule has 104 valence electrons. The van der Waals surface area contributed by atoms with Crippen LogP contribution in [0.15, 0.2) is 16.3 Å². The predicted molar refractivity (Wildman–Crippen MR) is 74.3 cm³/mol. The summed E-state index contributed by atoms with van der Waals surface area (Å²) in [7, 11) is -3.36. The lowest BCUT2D eigenvalue weighted by Gasteiger charge is -2.21. The Kier molecular flexibility index (Phi) is 5.33. The van der Waals surface area contributed by atoms with Crippen LogP contribution < -0.4 is 4.72 Å². The molecule has 0 aliphatic carbocycles. The first kappa shape index (κ1) is 15.6. The molecular weight excluding hydrogens is 270 g/mol. The predicted octanol–water partition coefficient (Wildman–Crippen LogP) is 2.13. The van der Waals surface area contributed by atoms with E-state index in [0.29, 0.717) is 10.8 Å². The van der Waals surface area contributed by atoms with Gasteiger partial charge in [0.15, 0.2) is 0 Å². The van der Waals surface area contributed by atoms with Crippen LogP contribution in [0, 0.1) is 12.3 Å². The number of rotatable bonds is 7.